The molecule has 9 heteroatoms. The van der Waals surface area contributed by atoms with Gasteiger partial charge in [-0.05, 0) is 42.5 Å². The van der Waals surface area contributed by atoms with Gasteiger partial charge in [0.1, 0.15) is 12.4 Å². The van der Waals surface area contributed by atoms with Crippen molar-refractivity contribution >= 4 is 55.5 Å². The number of thiazole rings is 2. The fourth-order valence-electron chi connectivity index (χ4n) is 2.60. The predicted octanol–water partition coefficient (Wildman–Crippen LogP) is 4.54. The Kier molecular flexibility index (Phi) is 5.50. The molecule has 0 spiro atoms. The van der Waals surface area contributed by atoms with Gasteiger partial charge in [-0.2, -0.15) is 0 Å². The first-order valence-electron chi connectivity index (χ1n) is 8.66. The molecule has 2 amide bonds. The Hall–Kier alpha value is -3.30. The highest BCUT2D eigenvalue weighted by molar-refractivity contribution is 7.22. The molecule has 0 unspecified atom stereocenters. The summed E-state index contributed by atoms with van der Waals surface area (Å²) in [6, 6.07) is 12.3. The molecule has 0 saturated heterocycles. The maximum Gasteiger partial charge on any atom is 0.257 e. The lowest BCUT2D eigenvalue weighted by Crippen LogP contribution is -2.11. The lowest BCUT2D eigenvalue weighted by molar-refractivity contribution is -0.114. The van der Waals surface area contributed by atoms with Gasteiger partial charge in [-0.3, -0.25) is 14.9 Å². The van der Waals surface area contributed by atoms with Crippen LogP contribution in [0, 0.1) is 0 Å². The van der Waals surface area contributed by atoms with E-state index in [1.807, 2.05) is 11.4 Å². The fraction of sp³-hybridized carbons (Fsp3) is 0.100. The fourth-order valence-corrected chi connectivity index (χ4v) is 4.04. The van der Waals surface area contributed by atoms with E-state index in [1.54, 1.807) is 41.9 Å². The zero-order chi connectivity index (χ0) is 20.2. The number of benzene rings is 2. The molecule has 7 nitrogen and oxygen atoms in total. The number of hydrogen-bond acceptors (Lipinski definition) is 7. The monoisotopic (exact) mass is 424 g/mol. The van der Waals surface area contributed by atoms with E-state index in [1.165, 1.54) is 29.6 Å². The molecular formula is C20H16N4O3S2. The first-order valence-corrected chi connectivity index (χ1v) is 10.4. The van der Waals surface area contributed by atoms with E-state index in [0.717, 1.165) is 15.9 Å². The van der Waals surface area contributed by atoms with Crippen LogP contribution < -0.4 is 15.4 Å². The van der Waals surface area contributed by atoms with Crippen LogP contribution in [-0.4, -0.2) is 21.8 Å². The number of nitrogens with one attached hydrogen (secondary N) is 2. The molecule has 0 saturated carbocycles. The lowest BCUT2D eigenvalue weighted by atomic mass is 10.2. The quantitative estimate of drug-likeness (QED) is 0.474. The number of rotatable bonds is 6. The second-order valence-corrected chi connectivity index (χ2v) is 7.88. The summed E-state index contributed by atoms with van der Waals surface area (Å²) >= 11 is 2.87. The molecule has 0 aliphatic heterocycles. The average molecular weight is 425 g/mol. The average Bonchev–Trinajstić information content (AvgIpc) is 3.35. The lowest BCUT2D eigenvalue weighted by Gasteiger charge is -2.06. The molecule has 2 aromatic heterocycles. The largest absolute Gasteiger partial charge is 0.487 e. The summed E-state index contributed by atoms with van der Waals surface area (Å²) in [6.45, 7) is 1.85. The molecule has 4 aromatic rings. The van der Waals surface area contributed by atoms with Gasteiger partial charge in [0.25, 0.3) is 5.91 Å². The van der Waals surface area contributed by atoms with Crippen LogP contribution in [-0.2, 0) is 11.4 Å². The van der Waals surface area contributed by atoms with Crippen LogP contribution in [0.4, 0.5) is 10.8 Å². The van der Waals surface area contributed by atoms with Gasteiger partial charge in [0.2, 0.25) is 5.91 Å². The molecule has 0 aliphatic carbocycles. The number of nitrogens with zero attached hydrogens (tertiary/aromatic N) is 2. The summed E-state index contributed by atoms with van der Waals surface area (Å²) in [5.74, 6) is 0.277. The van der Waals surface area contributed by atoms with Crippen molar-refractivity contribution in [2.75, 3.05) is 10.6 Å². The van der Waals surface area contributed by atoms with Crippen LogP contribution in [0.25, 0.3) is 10.2 Å². The zero-order valence-electron chi connectivity index (χ0n) is 15.3. The SMILES string of the molecule is CC(=O)Nc1ccc2nc(NC(=O)c3ccc(OCc4cscn4)cc3)sc2c1. The number of hydrogen-bond donors (Lipinski definition) is 2. The minimum Gasteiger partial charge on any atom is -0.487 e. The number of fused-ring (bicyclic) bond motifs is 1. The molecule has 0 bridgehead atoms. The van der Waals surface area contributed by atoms with Gasteiger partial charge < -0.3 is 10.1 Å². The van der Waals surface area contributed by atoms with Crippen LogP contribution in [0.1, 0.15) is 23.0 Å². The first-order chi connectivity index (χ1) is 14.1. The third kappa shape index (κ3) is 4.76. The highest BCUT2D eigenvalue weighted by atomic mass is 32.1. The Balaban J connectivity index is 1.41. The van der Waals surface area contributed by atoms with E-state index in [4.69, 9.17) is 4.74 Å². The molecule has 0 aliphatic rings. The van der Waals surface area contributed by atoms with Crippen LogP contribution in [0.2, 0.25) is 0 Å². The number of ether oxygens (including phenoxy) is 1. The van der Waals surface area contributed by atoms with Crippen molar-refractivity contribution in [1.29, 1.82) is 0 Å². The second kappa shape index (κ2) is 8.38. The van der Waals surface area contributed by atoms with Crippen molar-refractivity contribution < 1.29 is 14.3 Å². The standard InChI is InChI=1S/C20H16N4O3S2/c1-12(25)22-14-4-7-17-18(8-14)29-20(23-17)24-19(26)13-2-5-16(6-3-13)27-9-15-10-28-11-21-15/h2-8,10-11H,9H2,1H3,(H,22,25)(H,23,24,26). The molecule has 2 heterocycles. The van der Waals surface area contributed by atoms with Crippen molar-refractivity contribution in [2.24, 2.45) is 0 Å². The van der Waals surface area contributed by atoms with Gasteiger partial charge >= 0.3 is 0 Å². The smallest absolute Gasteiger partial charge is 0.257 e. The van der Waals surface area contributed by atoms with Gasteiger partial charge in [-0.25, -0.2) is 9.97 Å². The van der Waals surface area contributed by atoms with Crippen molar-refractivity contribution in [2.45, 2.75) is 13.5 Å². The number of aromatic nitrogens is 2. The molecule has 0 fully saturated rings. The van der Waals surface area contributed by atoms with Crippen LogP contribution in [0.3, 0.4) is 0 Å². The van der Waals surface area contributed by atoms with E-state index in [9.17, 15) is 9.59 Å². The molecule has 146 valence electrons. The van der Waals surface area contributed by atoms with E-state index >= 15 is 0 Å². The summed E-state index contributed by atoms with van der Waals surface area (Å²) in [5.41, 5.74) is 4.58. The molecule has 2 N–H and O–H groups in total. The molecule has 2 aromatic carbocycles. The van der Waals surface area contributed by atoms with Crippen molar-refractivity contribution in [3.05, 3.63) is 64.6 Å². The Morgan fingerprint density at radius 1 is 1.10 bits per heavy atom. The van der Waals surface area contributed by atoms with Crippen molar-refractivity contribution in [3.8, 4) is 5.75 Å². The van der Waals surface area contributed by atoms with Gasteiger partial charge in [0.15, 0.2) is 5.13 Å². The number of anilines is 2. The Morgan fingerprint density at radius 2 is 1.93 bits per heavy atom. The van der Waals surface area contributed by atoms with E-state index in [0.29, 0.717) is 28.7 Å². The predicted molar refractivity (Wildman–Crippen MR) is 115 cm³/mol. The van der Waals surface area contributed by atoms with E-state index in [-0.39, 0.29) is 11.8 Å². The van der Waals surface area contributed by atoms with E-state index in [2.05, 4.69) is 20.6 Å². The third-order valence-electron chi connectivity index (χ3n) is 3.92. The Bertz CT molecular complexity index is 1150. The van der Waals surface area contributed by atoms with Gasteiger partial charge in [-0.1, -0.05) is 11.3 Å². The molecule has 0 atom stereocenters. The normalized spacial score (nSPS) is 10.7. The van der Waals surface area contributed by atoms with Crippen LogP contribution in [0.5, 0.6) is 5.75 Å². The summed E-state index contributed by atoms with van der Waals surface area (Å²) in [4.78, 5) is 32.3. The molecule has 4 rings (SSSR count). The van der Waals surface area contributed by atoms with E-state index < -0.39 is 0 Å². The summed E-state index contributed by atoms with van der Waals surface area (Å²) in [7, 11) is 0. The third-order valence-corrected chi connectivity index (χ3v) is 5.48. The molecule has 0 radical (unpaired) electrons. The minimum atomic E-state index is -0.253. The maximum atomic E-state index is 12.5. The zero-order valence-corrected chi connectivity index (χ0v) is 17.0. The Morgan fingerprint density at radius 3 is 2.66 bits per heavy atom. The summed E-state index contributed by atoms with van der Waals surface area (Å²) < 4.78 is 6.53. The molecule has 29 heavy (non-hydrogen) atoms. The summed E-state index contributed by atoms with van der Waals surface area (Å²) in [5, 5.41) is 7.97. The van der Waals surface area contributed by atoms with Crippen LogP contribution in [0.15, 0.2) is 53.4 Å². The second-order valence-electron chi connectivity index (χ2n) is 6.13. The molecular weight excluding hydrogens is 408 g/mol. The highest BCUT2D eigenvalue weighted by Gasteiger charge is 2.11. The number of amides is 2. The first kappa shape index (κ1) is 19.0. The topological polar surface area (TPSA) is 93.2 Å². The Labute approximate surface area is 174 Å². The van der Waals surface area contributed by atoms with Gasteiger partial charge in [0, 0.05) is 23.6 Å². The maximum absolute atomic E-state index is 12.5. The van der Waals surface area contributed by atoms with Crippen LogP contribution >= 0.6 is 22.7 Å². The summed E-state index contributed by atoms with van der Waals surface area (Å²) in [6.07, 6.45) is 0. The number of carbonyl (C=O) groups excluding carboxylic acids is 2. The number of carbonyl (C=O) groups is 2. The highest BCUT2D eigenvalue weighted by Crippen LogP contribution is 2.29. The van der Waals surface area contributed by atoms with Gasteiger partial charge in [0.05, 0.1) is 21.4 Å². The van der Waals surface area contributed by atoms with Gasteiger partial charge in [-0.15, -0.1) is 11.3 Å². The van der Waals surface area contributed by atoms with Crippen molar-refractivity contribution in [3.63, 3.8) is 0 Å². The minimum absolute atomic E-state index is 0.138. The van der Waals surface area contributed by atoms with Crippen molar-refractivity contribution in [1.82, 2.24) is 9.97 Å².